The number of aliphatic hydroxyl groups excluding tert-OH is 1. The van der Waals surface area contributed by atoms with Crippen LogP contribution in [0.1, 0.15) is 27.7 Å². The number of nitrogens with zero attached hydrogens (tertiary/aromatic N) is 1. The van der Waals surface area contributed by atoms with E-state index in [9.17, 15) is 19.8 Å². The number of amides is 1. The highest BCUT2D eigenvalue weighted by molar-refractivity contribution is 5.98. The molecule has 0 aliphatic carbocycles. The molecule has 2 rings (SSSR count). The van der Waals surface area contributed by atoms with Gasteiger partial charge in [0.25, 0.3) is 0 Å². The van der Waals surface area contributed by atoms with E-state index >= 15 is 0 Å². The van der Waals surface area contributed by atoms with Crippen LogP contribution in [-0.4, -0.2) is 39.3 Å². The molecule has 0 aromatic carbocycles. The summed E-state index contributed by atoms with van der Waals surface area (Å²) in [4.78, 5) is 24.3. The maximum atomic E-state index is 11.9. The fourth-order valence-electron chi connectivity index (χ4n) is 2.31. The Labute approximate surface area is 105 Å². The highest BCUT2D eigenvalue weighted by Crippen LogP contribution is 2.46. The van der Waals surface area contributed by atoms with Gasteiger partial charge in [0.2, 0.25) is 5.91 Å². The average Bonchev–Trinajstić information content (AvgIpc) is 2.51. The lowest BCUT2D eigenvalue weighted by Gasteiger charge is -2.42. The van der Waals surface area contributed by atoms with Crippen molar-refractivity contribution in [3.05, 3.63) is 11.5 Å². The number of rotatable bonds is 2. The predicted octanol–water partition coefficient (Wildman–Crippen LogP) is 0.524. The topological polar surface area (TPSA) is 87.1 Å². The van der Waals surface area contributed by atoms with Gasteiger partial charge >= 0.3 is 5.97 Å². The number of ether oxygens (including phenoxy) is 1. The molecule has 1 amide bonds. The van der Waals surface area contributed by atoms with Crippen molar-refractivity contribution in [2.24, 2.45) is 11.3 Å². The Kier molecular flexibility index (Phi) is 2.66. The minimum Gasteiger partial charge on any atom is -0.476 e. The molecule has 0 saturated carbocycles. The van der Waals surface area contributed by atoms with Crippen LogP contribution < -0.4 is 0 Å². The van der Waals surface area contributed by atoms with Gasteiger partial charge in [-0.3, -0.25) is 9.69 Å². The van der Waals surface area contributed by atoms with Crippen molar-refractivity contribution in [2.75, 3.05) is 0 Å². The Bertz CT molecular complexity index is 446. The second kappa shape index (κ2) is 3.71. The van der Waals surface area contributed by atoms with Gasteiger partial charge in [-0.25, -0.2) is 4.79 Å². The van der Waals surface area contributed by atoms with E-state index in [1.54, 1.807) is 0 Å². The van der Waals surface area contributed by atoms with E-state index in [1.165, 1.54) is 6.92 Å². The van der Waals surface area contributed by atoms with E-state index in [4.69, 9.17) is 4.74 Å². The molecule has 0 unspecified atom stereocenters. The molecule has 1 fully saturated rings. The molecule has 1 saturated heterocycles. The van der Waals surface area contributed by atoms with E-state index in [0.717, 1.165) is 4.90 Å². The maximum absolute atomic E-state index is 11.9. The largest absolute Gasteiger partial charge is 0.476 e. The molecule has 2 heterocycles. The number of aliphatic hydroxyl groups is 1. The van der Waals surface area contributed by atoms with Gasteiger partial charge in [-0.1, -0.05) is 20.8 Å². The maximum Gasteiger partial charge on any atom is 0.356 e. The molecule has 2 aliphatic heterocycles. The summed E-state index contributed by atoms with van der Waals surface area (Å²) in [7, 11) is 0. The molecule has 0 aromatic heterocycles. The Hall–Kier alpha value is -1.56. The van der Waals surface area contributed by atoms with Crippen LogP contribution in [0.5, 0.6) is 0 Å². The standard InChI is InChI=1S/C12H17NO5/c1-5(14)6-9(15)13-7(11(16)17)8(12(2,3)4)18-10(6)13/h5-6,10,14H,1-4H3,(H,16,17)/t5-,6-,10+/m0/s1. The summed E-state index contributed by atoms with van der Waals surface area (Å²) in [6, 6.07) is 0. The summed E-state index contributed by atoms with van der Waals surface area (Å²) in [6.07, 6.45) is -1.54. The minimum absolute atomic E-state index is 0.102. The number of β-lactam (4-membered cyclic amide) rings is 1. The lowest BCUT2D eigenvalue weighted by molar-refractivity contribution is -0.183. The number of carboxylic acids is 1. The van der Waals surface area contributed by atoms with Crippen LogP contribution in [0, 0.1) is 11.3 Å². The van der Waals surface area contributed by atoms with Crippen molar-refractivity contribution < 1.29 is 24.5 Å². The monoisotopic (exact) mass is 255 g/mol. The Morgan fingerprint density at radius 2 is 2.00 bits per heavy atom. The quantitative estimate of drug-likeness (QED) is 0.703. The van der Waals surface area contributed by atoms with Crippen molar-refractivity contribution >= 4 is 11.9 Å². The highest BCUT2D eigenvalue weighted by Gasteiger charge is 2.60. The molecule has 0 radical (unpaired) electrons. The molecule has 0 aromatic rings. The molecular weight excluding hydrogens is 238 g/mol. The normalized spacial score (nSPS) is 28.7. The van der Waals surface area contributed by atoms with Gasteiger partial charge in [-0.05, 0) is 6.92 Å². The number of hydrogen-bond donors (Lipinski definition) is 2. The fraction of sp³-hybridized carbons (Fsp3) is 0.667. The Balaban J connectivity index is 2.39. The third kappa shape index (κ3) is 1.59. The van der Waals surface area contributed by atoms with E-state index in [-0.39, 0.29) is 11.5 Å². The molecule has 6 heteroatoms. The van der Waals surface area contributed by atoms with E-state index in [1.807, 2.05) is 20.8 Å². The molecule has 2 N–H and O–H groups in total. The van der Waals surface area contributed by atoms with Gasteiger partial charge in [0.05, 0.1) is 6.10 Å². The highest BCUT2D eigenvalue weighted by atomic mass is 16.5. The Morgan fingerprint density at radius 1 is 1.44 bits per heavy atom. The average molecular weight is 255 g/mol. The zero-order valence-electron chi connectivity index (χ0n) is 10.8. The van der Waals surface area contributed by atoms with Gasteiger partial charge in [0, 0.05) is 5.41 Å². The third-order valence-corrected chi connectivity index (χ3v) is 3.18. The fourth-order valence-corrected chi connectivity index (χ4v) is 2.31. The first-order chi connectivity index (χ1) is 8.16. The van der Waals surface area contributed by atoms with Gasteiger partial charge < -0.3 is 14.9 Å². The van der Waals surface area contributed by atoms with Crippen LogP contribution in [0.25, 0.3) is 0 Å². The van der Waals surface area contributed by atoms with Crippen molar-refractivity contribution in [2.45, 2.75) is 40.0 Å². The van der Waals surface area contributed by atoms with Crippen molar-refractivity contribution in [1.29, 1.82) is 0 Å². The summed E-state index contributed by atoms with van der Waals surface area (Å²) < 4.78 is 5.59. The van der Waals surface area contributed by atoms with Crippen molar-refractivity contribution in [3.63, 3.8) is 0 Å². The summed E-state index contributed by atoms with van der Waals surface area (Å²) in [5.74, 6) is -1.97. The summed E-state index contributed by atoms with van der Waals surface area (Å²) in [5.41, 5.74) is -0.608. The lowest BCUT2D eigenvalue weighted by Crippen LogP contribution is -2.62. The molecule has 100 valence electrons. The van der Waals surface area contributed by atoms with Gasteiger partial charge in [-0.15, -0.1) is 0 Å². The van der Waals surface area contributed by atoms with Crippen LogP contribution >= 0.6 is 0 Å². The third-order valence-electron chi connectivity index (χ3n) is 3.18. The van der Waals surface area contributed by atoms with Crippen molar-refractivity contribution in [3.8, 4) is 0 Å². The number of carboxylic acid groups (broad SMARTS) is 1. The molecule has 0 bridgehead atoms. The summed E-state index contributed by atoms with van der Waals surface area (Å²) in [5, 5.41) is 18.7. The molecule has 2 aliphatic rings. The first-order valence-corrected chi connectivity index (χ1v) is 5.82. The van der Waals surface area contributed by atoms with E-state index in [0.29, 0.717) is 0 Å². The number of hydrogen-bond acceptors (Lipinski definition) is 4. The summed E-state index contributed by atoms with van der Waals surface area (Å²) in [6.45, 7) is 6.95. The predicted molar refractivity (Wildman–Crippen MR) is 61.0 cm³/mol. The Morgan fingerprint density at radius 3 is 2.39 bits per heavy atom. The first kappa shape index (κ1) is 12.9. The van der Waals surface area contributed by atoms with Gasteiger partial charge in [0.15, 0.2) is 11.9 Å². The molecule has 6 nitrogen and oxygen atoms in total. The molecule has 18 heavy (non-hydrogen) atoms. The van der Waals surface area contributed by atoms with Crippen molar-refractivity contribution in [1.82, 2.24) is 4.90 Å². The van der Waals surface area contributed by atoms with Crippen LogP contribution in [0.3, 0.4) is 0 Å². The van der Waals surface area contributed by atoms with Crippen LogP contribution in [-0.2, 0) is 14.3 Å². The van der Waals surface area contributed by atoms with Crippen LogP contribution in [0.2, 0.25) is 0 Å². The van der Waals surface area contributed by atoms with E-state index in [2.05, 4.69) is 0 Å². The molecule has 0 spiro atoms. The van der Waals surface area contributed by atoms with Crippen LogP contribution in [0.15, 0.2) is 11.5 Å². The minimum atomic E-state index is -1.18. The second-order valence-electron chi connectivity index (χ2n) is 5.72. The van der Waals surface area contributed by atoms with Gasteiger partial charge in [0.1, 0.15) is 11.7 Å². The number of carbonyl (C=O) groups excluding carboxylic acids is 1. The zero-order chi connectivity index (χ0) is 13.8. The van der Waals surface area contributed by atoms with E-state index < -0.39 is 35.5 Å². The number of allylic oxidation sites excluding steroid dienone is 1. The molecule has 3 atom stereocenters. The molecular formula is C12H17NO5. The lowest BCUT2D eigenvalue weighted by atomic mass is 9.90. The van der Waals surface area contributed by atoms with Gasteiger partial charge in [-0.2, -0.15) is 0 Å². The smallest absolute Gasteiger partial charge is 0.356 e. The number of fused-ring (bicyclic) bond motifs is 1. The zero-order valence-corrected chi connectivity index (χ0v) is 10.8. The number of carbonyl (C=O) groups is 2. The second-order valence-corrected chi connectivity index (χ2v) is 5.72. The summed E-state index contributed by atoms with van der Waals surface area (Å²) >= 11 is 0. The SMILES string of the molecule is C[C@H](O)[C@H]1C(=O)N2C(C(=O)O)=C(C(C)(C)C)O[C@H]12. The van der Waals surface area contributed by atoms with Crippen LogP contribution in [0.4, 0.5) is 0 Å². The number of aliphatic carboxylic acids is 1. The first-order valence-electron chi connectivity index (χ1n) is 5.82.